The monoisotopic (exact) mass is 208 g/mol. The molecule has 0 aliphatic heterocycles. The van der Waals surface area contributed by atoms with E-state index in [1.165, 1.54) is 0 Å². The Kier molecular flexibility index (Phi) is 6.03. The number of rotatable bonds is 2. The number of nitrogens with two attached hydrogens (primary N) is 1. The Labute approximate surface area is 84.3 Å². The standard InChI is InChI=1S/C8H16N2O2.ClH/c9-5-8(12)10-6-1-3-7(11)4-2-6;/h6-7,11H,1-5,9H2,(H,10,12);1H. The third-order valence-electron chi connectivity index (χ3n) is 2.25. The van der Waals surface area contributed by atoms with Gasteiger partial charge in [0.25, 0.3) is 0 Å². The van der Waals surface area contributed by atoms with Gasteiger partial charge in [0.15, 0.2) is 0 Å². The van der Waals surface area contributed by atoms with Crippen molar-refractivity contribution in [2.45, 2.75) is 37.8 Å². The molecule has 0 heterocycles. The highest BCUT2D eigenvalue weighted by Crippen LogP contribution is 2.17. The molecular weight excluding hydrogens is 192 g/mol. The second kappa shape index (κ2) is 6.18. The van der Waals surface area contributed by atoms with Crippen molar-refractivity contribution in [3.05, 3.63) is 0 Å². The van der Waals surface area contributed by atoms with Crippen molar-refractivity contribution in [3.63, 3.8) is 0 Å². The molecule has 0 aromatic rings. The Balaban J connectivity index is 0.00000144. The van der Waals surface area contributed by atoms with E-state index >= 15 is 0 Å². The third kappa shape index (κ3) is 4.45. The summed E-state index contributed by atoms with van der Waals surface area (Å²) in [5.41, 5.74) is 5.16. The molecule has 1 aliphatic carbocycles. The first kappa shape index (κ1) is 12.7. The van der Waals surface area contributed by atoms with E-state index in [9.17, 15) is 9.90 Å². The molecule has 0 aromatic carbocycles. The quantitative estimate of drug-likeness (QED) is 0.588. The first-order valence-corrected chi connectivity index (χ1v) is 4.40. The number of halogens is 1. The van der Waals surface area contributed by atoms with Crippen LogP contribution >= 0.6 is 12.4 Å². The van der Waals surface area contributed by atoms with E-state index in [1.807, 2.05) is 0 Å². The Morgan fingerprint density at radius 3 is 2.38 bits per heavy atom. The predicted octanol–water partition coefficient (Wildman–Crippen LogP) is -0.213. The lowest BCUT2D eigenvalue weighted by atomic mass is 9.93. The second-order valence-electron chi connectivity index (χ2n) is 3.28. The molecule has 13 heavy (non-hydrogen) atoms. The van der Waals surface area contributed by atoms with Gasteiger partial charge in [0.05, 0.1) is 12.6 Å². The van der Waals surface area contributed by atoms with Gasteiger partial charge in [-0.1, -0.05) is 0 Å². The number of aliphatic hydroxyl groups is 1. The predicted molar refractivity (Wildman–Crippen MR) is 52.7 cm³/mol. The van der Waals surface area contributed by atoms with Gasteiger partial charge < -0.3 is 16.2 Å². The minimum absolute atomic E-state index is 0. The van der Waals surface area contributed by atoms with Crippen LogP contribution in [0.3, 0.4) is 0 Å². The summed E-state index contributed by atoms with van der Waals surface area (Å²) in [6.07, 6.45) is 3.14. The van der Waals surface area contributed by atoms with Crippen LogP contribution in [-0.4, -0.2) is 29.7 Å². The summed E-state index contributed by atoms with van der Waals surface area (Å²) in [6.45, 7) is 0.0546. The van der Waals surface area contributed by atoms with Gasteiger partial charge in [0.2, 0.25) is 5.91 Å². The molecule has 0 aromatic heterocycles. The fourth-order valence-corrected chi connectivity index (χ4v) is 1.51. The number of hydrogen-bond donors (Lipinski definition) is 3. The summed E-state index contributed by atoms with van der Waals surface area (Å²) < 4.78 is 0. The lowest BCUT2D eigenvalue weighted by molar-refractivity contribution is -0.120. The summed E-state index contributed by atoms with van der Waals surface area (Å²) in [4.78, 5) is 10.9. The molecular formula is C8H17ClN2O2. The Bertz CT molecular complexity index is 158. The summed E-state index contributed by atoms with van der Waals surface area (Å²) >= 11 is 0. The van der Waals surface area contributed by atoms with Gasteiger partial charge in [-0.05, 0) is 25.7 Å². The minimum Gasteiger partial charge on any atom is -0.393 e. The molecule has 0 atom stereocenters. The molecule has 1 fully saturated rings. The lowest BCUT2D eigenvalue weighted by Gasteiger charge is -2.25. The normalized spacial score (nSPS) is 27.5. The van der Waals surface area contributed by atoms with Crippen molar-refractivity contribution < 1.29 is 9.90 Å². The molecule has 1 saturated carbocycles. The van der Waals surface area contributed by atoms with Gasteiger partial charge in [-0.3, -0.25) is 4.79 Å². The van der Waals surface area contributed by atoms with Crippen molar-refractivity contribution in [2.75, 3.05) is 6.54 Å². The molecule has 1 amide bonds. The molecule has 4 nitrogen and oxygen atoms in total. The molecule has 5 heteroatoms. The maximum Gasteiger partial charge on any atom is 0.233 e. The fourth-order valence-electron chi connectivity index (χ4n) is 1.51. The van der Waals surface area contributed by atoms with Crippen LogP contribution in [-0.2, 0) is 4.79 Å². The zero-order chi connectivity index (χ0) is 8.97. The zero-order valence-electron chi connectivity index (χ0n) is 7.53. The summed E-state index contributed by atoms with van der Waals surface area (Å²) in [6, 6.07) is 0.226. The van der Waals surface area contributed by atoms with E-state index < -0.39 is 0 Å². The van der Waals surface area contributed by atoms with Crippen molar-refractivity contribution in [2.24, 2.45) is 5.73 Å². The first-order valence-electron chi connectivity index (χ1n) is 4.40. The SMILES string of the molecule is Cl.NCC(=O)NC1CCC(O)CC1. The lowest BCUT2D eigenvalue weighted by Crippen LogP contribution is -2.41. The van der Waals surface area contributed by atoms with Crippen molar-refractivity contribution >= 4 is 18.3 Å². The molecule has 1 rings (SSSR count). The Morgan fingerprint density at radius 1 is 1.38 bits per heavy atom. The van der Waals surface area contributed by atoms with Crippen LogP contribution in [0.2, 0.25) is 0 Å². The Hall–Kier alpha value is -0.320. The smallest absolute Gasteiger partial charge is 0.233 e. The Morgan fingerprint density at radius 2 is 1.92 bits per heavy atom. The van der Waals surface area contributed by atoms with Gasteiger partial charge in [0, 0.05) is 6.04 Å². The maximum atomic E-state index is 10.9. The molecule has 0 bridgehead atoms. The number of amides is 1. The van der Waals surface area contributed by atoms with Crippen LogP contribution in [0.15, 0.2) is 0 Å². The highest BCUT2D eigenvalue weighted by atomic mass is 35.5. The number of carbonyl (C=O) groups is 1. The summed E-state index contributed by atoms with van der Waals surface area (Å²) in [7, 11) is 0. The van der Waals surface area contributed by atoms with Crippen LogP contribution in [0.4, 0.5) is 0 Å². The number of carbonyl (C=O) groups excluding carboxylic acids is 1. The van der Waals surface area contributed by atoms with E-state index in [0.717, 1.165) is 25.7 Å². The van der Waals surface area contributed by atoms with Gasteiger partial charge in [-0.25, -0.2) is 0 Å². The summed E-state index contributed by atoms with van der Waals surface area (Å²) in [5, 5.41) is 12.0. The van der Waals surface area contributed by atoms with E-state index in [4.69, 9.17) is 5.73 Å². The number of aliphatic hydroxyl groups excluding tert-OH is 1. The highest BCUT2D eigenvalue weighted by molar-refractivity contribution is 5.85. The van der Waals surface area contributed by atoms with Crippen LogP contribution in [0.25, 0.3) is 0 Å². The average molecular weight is 209 g/mol. The zero-order valence-corrected chi connectivity index (χ0v) is 8.35. The fraction of sp³-hybridized carbons (Fsp3) is 0.875. The molecule has 1 aliphatic rings. The molecule has 0 unspecified atom stereocenters. The van der Waals surface area contributed by atoms with Crippen molar-refractivity contribution in [1.29, 1.82) is 0 Å². The highest BCUT2D eigenvalue weighted by Gasteiger charge is 2.19. The number of nitrogens with one attached hydrogen (secondary N) is 1. The molecule has 78 valence electrons. The van der Waals surface area contributed by atoms with Crippen LogP contribution in [0, 0.1) is 0 Å². The van der Waals surface area contributed by atoms with Crippen molar-refractivity contribution in [1.82, 2.24) is 5.32 Å². The number of hydrogen-bond acceptors (Lipinski definition) is 3. The maximum absolute atomic E-state index is 10.9. The van der Waals surface area contributed by atoms with Crippen LogP contribution in [0.5, 0.6) is 0 Å². The minimum atomic E-state index is -0.170. The van der Waals surface area contributed by atoms with Gasteiger partial charge >= 0.3 is 0 Å². The summed E-state index contributed by atoms with van der Waals surface area (Å²) in [5.74, 6) is -0.101. The molecule has 4 N–H and O–H groups in total. The van der Waals surface area contributed by atoms with Gasteiger partial charge in [-0.2, -0.15) is 0 Å². The third-order valence-corrected chi connectivity index (χ3v) is 2.25. The topological polar surface area (TPSA) is 75.4 Å². The van der Waals surface area contributed by atoms with E-state index in [2.05, 4.69) is 5.32 Å². The van der Waals surface area contributed by atoms with E-state index in [1.54, 1.807) is 0 Å². The molecule has 0 radical (unpaired) electrons. The van der Waals surface area contributed by atoms with Crippen LogP contribution in [0.1, 0.15) is 25.7 Å². The van der Waals surface area contributed by atoms with E-state index in [-0.39, 0.29) is 37.0 Å². The first-order chi connectivity index (χ1) is 5.72. The van der Waals surface area contributed by atoms with Crippen LogP contribution < -0.4 is 11.1 Å². The van der Waals surface area contributed by atoms with Gasteiger partial charge in [-0.15, -0.1) is 12.4 Å². The average Bonchev–Trinajstić information content (AvgIpc) is 2.09. The molecule has 0 saturated heterocycles. The van der Waals surface area contributed by atoms with Crippen molar-refractivity contribution in [3.8, 4) is 0 Å². The largest absolute Gasteiger partial charge is 0.393 e. The molecule has 0 spiro atoms. The van der Waals surface area contributed by atoms with E-state index in [0.29, 0.717) is 0 Å². The second-order valence-corrected chi connectivity index (χ2v) is 3.28. The van der Waals surface area contributed by atoms with Gasteiger partial charge in [0.1, 0.15) is 0 Å².